The Morgan fingerprint density at radius 1 is 1.06 bits per heavy atom. The van der Waals surface area contributed by atoms with Crippen LogP contribution in [-0.4, -0.2) is 25.1 Å². The Hall–Kier alpha value is -2.83. The molecule has 0 aliphatic carbocycles. The first kappa shape index (κ1) is 26.8. The summed E-state index contributed by atoms with van der Waals surface area (Å²) in [5.41, 5.74) is 4.32. The van der Waals surface area contributed by atoms with E-state index in [9.17, 15) is 9.59 Å². The van der Waals surface area contributed by atoms with Gasteiger partial charge in [0.15, 0.2) is 0 Å². The first-order chi connectivity index (χ1) is 16.9. The summed E-state index contributed by atoms with van der Waals surface area (Å²) in [5, 5.41) is 5.97. The molecular formula is C28H32ClNO4S. The first-order valence-corrected chi connectivity index (χ1v) is 13.2. The molecule has 186 valence electrons. The van der Waals surface area contributed by atoms with Gasteiger partial charge in [0.2, 0.25) is 5.91 Å². The average molecular weight is 514 g/mol. The fourth-order valence-electron chi connectivity index (χ4n) is 3.68. The molecule has 3 aromatic rings. The zero-order chi connectivity index (χ0) is 25.2. The number of hydrogen-bond acceptors (Lipinski definition) is 5. The Balaban J connectivity index is 1.65. The normalized spacial score (nSPS) is 10.7. The number of thiophene rings is 1. The van der Waals surface area contributed by atoms with Crippen LogP contribution in [0.15, 0.2) is 47.8 Å². The third-order valence-corrected chi connectivity index (χ3v) is 6.68. The molecular weight excluding hydrogens is 482 g/mol. The summed E-state index contributed by atoms with van der Waals surface area (Å²) in [6.45, 7) is 6.54. The van der Waals surface area contributed by atoms with Crippen molar-refractivity contribution < 1.29 is 19.1 Å². The Morgan fingerprint density at radius 3 is 2.51 bits per heavy atom. The Morgan fingerprint density at radius 2 is 1.83 bits per heavy atom. The molecule has 0 radical (unpaired) electrons. The van der Waals surface area contributed by atoms with Crippen molar-refractivity contribution >= 4 is 39.8 Å². The first-order valence-electron chi connectivity index (χ1n) is 12.0. The van der Waals surface area contributed by atoms with Crippen molar-refractivity contribution in [2.45, 2.75) is 52.9 Å². The molecule has 0 aliphatic heterocycles. The van der Waals surface area contributed by atoms with Crippen molar-refractivity contribution in [2.24, 2.45) is 0 Å². The van der Waals surface area contributed by atoms with E-state index in [1.165, 1.54) is 16.9 Å². The summed E-state index contributed by atoms with van der Waals surface area (Å²) < 4.78 is 11.1. The number of esters is 1. The minimum Gasteiger partial charge on any atom is -0.493 e. The topological polar surface area (TPSA) is 64.6 Å². The summed E-state index contributed by atoms with van der Waals surface area (Å²) in [5.74, 6) is 0.147. The number of halogens is 1. The maximum atomic E-state index is 12.8. The number of anilines is 1. The highest BCUT2D eigenvalue weighted by atomic mass is 35.5. The van der Waals surface area contributed by atoms with Crippen LogP contribution < -0.4 is 10.1 Å². The van der Waals surface area contributed by atoms with Gasteiger partial charge >= 0.3 is 5.97 Å². The predicted octanol–water partition coefficient (Wildman–Crippen LogP) is 7.69. The van der Waals surface area contributed by atoms with Gasteiger partial charge in [0.25, 0.3) is 0 Å². The van der Waals surface area contributed by atoms with Gasteiger partial charge in [-0.15, -0.1) is 11.3 Å². The molecule has 3 rings (SSSR count). The van der Waals surface area contributed by atoms with Crippen LogP contribution in [0.2, 0.25) is 5.02 Å². The van der Waals surface area contributed by atoms with E-state index < -0.39 is 5.97 Å². The molecule has 0 aliphatic rings. The van der Waals surface area contributed by atoms with Crippen LogP contribution in [-0.2, 0) is 16.0 Å². The van der Waals surface area contributed by atoms with Gasteiger partial charge in [-0.25, -0.2) is 4.79 Å². The minimum absolute atomic E-state index is 0.171. The second-order valence-corrected chi connectivity index (χ2v) is 9.60. The Bertz CT molecular complexity index is 1140. The minimum atomic E-state index is -0.435. The number of rotatable bonds is 12. The third kappa shape index (κ3) is 7.58. The van der Waals surface area contributed by atoms with E-state index in [4.69, 9.17) is 21.1 Å². The van der Waals surface area contributed by atoms with E-state index >= 15 is 0 Å². The number of unbranched alkanes of at least 4 members (excludes halogenated alkanes) is 1. The van der Waals surface area contributed by atoms with Gasteiger partial charge in [-0.1, -0.05) is 49.2 Å². The number of ether oxygens (including phenoxy) is 2. The van der Waals surface area contributed by atoms with Gasteiger partial charge in [-0.2, -0.15) is 0 Å². The van der Waals surface area contributed by atoms with Crippen molar-refractivity contribution in [3.05, 3.63) is 69.6 Å². The van der Waals surface area contributed by atoms with Gasteiger partial charge < -0.3 is 14.8 Å². The van der Waals surface area contributed by atoms with E-state index in [0.29, 0.717) is 28.6 Å². The number of hydrogen-bond donors (Lipinski definition) is 1. The summed E-state index contributed by atoms with van der Waals surface area (Å²) in [4.78, 5) is 25.4. The van der Waals surface area contributed by atoms with Crippen LogP contribution in [0, 0.1) is 6.92 Å². The van der Waals surface area contributed by atoms with Crippen LogP contribution in [0.1, 0.15) is 61.0 Å². The van der Waals surface area contributed by atoms with Crippen LogP contribution in [0.4, 0.5) is 5.00 Å². The zero-order valence-electron chi connectivity index (χ0n) is 20.5. The lowest BCUT2D eigenvalue weighted by molar-refractivity contribution is -0.116. The molecule has 7 heteroatoms. The Labute approximate surface area is 216 Å². The molecule has 0 saturated carbocycles. The quantitative estimate of drug-likeness (QED) is 0.199. The van der Waals surface area contributed by atoms with Crippen molar-refractivity contribution in [2.75, 3.05) is 18.5 Å². The monoisotopic (exact) mass is 513 g/mol. The number of benzene rings is 2. The molecule has 5 nitrogen and oxygen atoms in total. The SMILES string of the molecule is CCCCc1ccc(-c2csc(NC(=O)CCCOc3ccc(Cl)cc3C)c2C(=O)OCC)cc1. The third-order valence-electron chi connectivity index (χ3n) is 5.55. The molecule has 0 spiro atoms. The molecule has 35 heavy (non-hydrogen) atoms. The van der Waals surface area contributed by atoms with E-state index in [0.717, 1.165) is 41.7 Å². The van der Waals surface area contributed by atoms with Crippen molar-refractivity contribution in [1.29, 1.82) is 0 Å². The standard InChI is InChI=1S/C28H32ClNO4S/c1-4-6-8-20-10-12-21(13-11-20)23-18-35-27(26(23)28(32)33-5-2)30-25(31)9-7-16-34-24-15-14-22(29)17-19(24)3/h10-15,17-18H,4-9,16H2,1-3H3,(H,30,31). The summed E-state index contributed by atoms with van der Waals surface area (Å²) in [6.07, 6.45) is 4.14. The fraction of sp³-hybridized carbons (Fsp3) is 0.357. The van der Waals surface area contributed by atoms with Crippen molar-refractivity contribution in [1.82, 2.24) is 0 Å². The van der Waals surface area contributed by atoms with Crippen LogP contribution >= 0.6 is 22.9 Å². The lowest BCUT2D eigenvalue weighted by Crippen LogP contribution is -2.15. The number of amides is 1. The molecule has 0 bridgehead atoms. The van der Waals surface area contributed by atoms with Gasteiger partial charge in [0.05, 0.1) is 13.2 Å². The highest BCUT2D eigenvalue weighted by Crippen LogP contribution is 2.36. The average Bonchev–Trinajstić information content (AvgIpc) is 3.25. The summed E-state index contributed by atoms with van der Waals surface area (Å²) in [7, 11) is 0. The molecule has 0 atom stereocenters. The molecule has 0 saturated heterocycles. The molecule has 1 heterocycles. The lowest BCUT2D eigenvalue weighted by atomic mass is 10.0. The second kappa shape index (κ2) is 13.3. The molecule has 1 aromatic heterocycles. The number of carbonyl (C=O) groups is 2. The van der Waals surface area contributed by atoms with E-state index in [2.05, 4.69) is 24.4 Å². The molecule has 2 aromatic carbocycles. The van der Waals surface area contributed by atoms with Crippen molar-refractivity contribution in [3.8, 4) is 16.9 Å². The highest BCUT2D eigenvalue weighted by molar-refractivity contribution is 7.15. The Kier molecular flexibility index (Phi) is 10.2. The highest BCUT2D eigenvalue weighted by Gasteiger charge is 2.22. The number of carbonyl (C=O) groups excluding carboxylic acids is 2. The van der Waals surface area contributed by atoms with Crippen LogP contribution in [0.5, 0.6) is 5.75 Å². The van der Waals surface area contributed by atoms with E-state index in [-0.39, 0.29) is 18.9 Å². The molecule has 0 unspecified atom stereocenters. The predicted molar refractivity (Wildman–Crippen MR) is 144 cm³/mol. The molecule has 1 N–H and O–H groups in total. The smallest absolute Gasteiger partial charge is 0.341 e. The number of nitrogens with one attached hydrogen (secondary N) is 1. The van der Waals surface area contributed by atoms with Gasteiger partial charge in [0.1, 0.15) is 16.3 Å². The van der Waals surface area contributed by atoms with Crippen LogP contribution in [0.25, 0.3) is 11.1 Å². The summed E-state index contributed by atoms with van der Waals surface area (Å²) >= 11 is 7.31. The molecule has 1 amide bonds. The summed E-state index contributed by atoms with van der Waals surface area (Å²) in [6, 6.07) is 13.7. The van der Waals surface area contributed by atoms with E-state index in [1.54, 1.807) is 13.0 Å². The number of aryl methyl sites for hydroxylation is 2. The maximum absolute atomic E-state index is 12.8. The second-order valence-electron chi connectivity index (χ2n) is 8.28. The maximum Gasteiger partial charge on any atom is 0.341 e. The largest absolute Gasteiger partial charge is 0.493 e. The fourth-order valence-corrected chi connectivity index (χ4v) is 4.88. The molecule has 0 fully saturated rings. The van der Waals surface area contributed by atoms with Gasteiger partial charge in [-0.05, 0) is 68.0 Å². The van der Waals surface area contributed by atoms with Gasteiger partial charge in [0, 0.05) is 22.4 Å². The lowest BCUT2D eigenvalue weighted by Gasteiger charge is -2.10. The van der Waals surface area contributed by atoms with Crippen LogP contribution in [0.3, 0.4) is 0 Å². The van der Waals surface area contributed by atoms with E-state index in [1.807, 2.05) is 36.6 Å². The zero-order valence-corrected chi connectivity index (χ0v) is 22.1. The van der Waals surface area contributed by atoms with Crippen molar-refractivity contribution in [3.63, 3.8) is 0 Å². The van der Waals surface area contributed by atoms with Gasteiger partial charge in [-0.3, -0.25) is 4.79 Å².